The summed E-state index contributed by atoms with van der Waals surface area (Å²) in [5, 5.41) is 3.20. The fraction of sp³-hybridized carbons (Fsp3) is 0.0909. The van der Waals surface area contributed by atoms with Gasteiger partial charge in [0.25, 0.3) is 5.91 Å². The molecule has 2 aromatic carbocycles. The SMILES string of the molecule is Cc1ccc(-n2cccc2/C=C2/NC(=O)N(Cc3ccccc3F)C2=O)cc1Cl. The smallest absolute Gasteiger partial charge is 0.317 e. The lowest BCUT2D eigenvalue weighted by Gasteiger charge is -2.12. The van der Waals surface area contributed by atoms with Gasteiger partial charge in [-0.3, -0.25) is 9.69 Å². The highest BCUT2D eigenvalue weighted by molar-refractivity contribution is 6.31. The summed E-state index contributed by atoms with van der Waals surface area (Å²) < 4.78 is 15.8. The van der Waals surface area contributed by atoms with Crippen molar-refractivity contribution in [2.75, 3.05) is 0 Å². The molecule has 3 amide bonds. The Morgan fingerprint density at radius 3 is 2.66 bits per heavy atom. The Labute approximate surface area is 172 Å². The van der Waals surface area contributed by atoms with Crippen molar-refractivity contribution >= 4 is 29.6 Å². The largest absolute Gasteiger partial charge is 0.329 e. The van der Waals surface area contributed by atoms with Crippen molar-refractivity contribution in [2.24, 2.45) is 0 Å². The summed E-state index contributed by atoms with van der Waals surface area (Å²) in [4.78, 5) is 26.0. The number of aromatic nitrogens is 1. The predicted molar refractivity (Wildman–Crippen MR) is 109 cm³/mol. The van der Waals surface area contributed by atoms with Gasteiger partial charge in [0, 0.05) is 28.2 Å². The predicted octanol–water partition coefficient (Wildman–Crippen LogP) is 4.67. The van der Waals surface area contributed by atoms with Gasteiger partial charge >= 0.3 is 6.03 Å². The minimum Gasteiger partial charge on any atom is -0.317 e. The fourth-order valence-corrected chi connectivity index (χ4v) is 3.31. The normalized spacial score (nSPS) is 15.3. The second kappa shape index (κ2) is 7.56. The van der Waals surface area contributed by atoms with E-state index in [2.05, 4.69) is 5.32 Å². The number of imide groups is 1. The quantitative estimate of drug-likeness (QED) is 0.503. The summed E-state index contributed by atoms with van der Waals surface area (Å²) in [6.07, 6.45) is 3.43. The summed E-state index contributed by atoms with van der Waals surface area (Å²) in [7, 11) is 0. The maximum atomic E-state index is 13.9. The molecule has 3 aromatic rings. The molecular formula is C22H17ClFN3O2. The number of nitrogens with zero attached hydrogens (tertiary/aromatic N) is 2. The van der Waals surface area contributed by atoms with Crippen LogP contribution in [0.15, 0.2) is 66.5 Å². The zero-order valence-electron chi connectivity index (χ0n) is 15.5. The van der Waals surface area contributed by atoms with Crippen LogP contribution in [-0.4, -0.2) is 21.4 Å². The molecule has 1 saturated heterocycles. The summed E-state index contributed by atoms with van der Waals surface area (Å²) in [5.74, 6) is -0.969. The van der Waals surface area contributed by atoms with Crippen LogP contribution in [0.3, 0.4) is 0 Å². The number of halogens is 2. The zero-order valence-corrected chi connectivity index (χ0v) is 16.3. The number of carbonyl (C=O) groups is 2. The second-order valence-electron chi connectivity index (χ2n) is 6.71. The molecule has 1 N–H and O–H groups in total. The number of hydrogen-bond donors (Lipinski definition) is 1. The lowest BCUT2D eigenvalue weighted by Crippen LogP contribution is -2.30. The summed E-state index contributed by atoms with van der Waals surface area (Å²) >= 11 is 6.23. The summed E-state index contributed by atoms with van der Waals surface area (Å²) in [6.45, 7) is 1.78. The first-order valence-electron chi connectivity index (χ1n) is 8.96. The van der Waals surface area contributed by atoms with Crippen molar-refractivity contribution in [3.05, 3.63) is 94.2 Å². The third-order valence-corrected chi connectivity index (χ3v) is 5.16. The highest BCUT2D eigenvalue weighted by Gasteiger charge is 2.34. The van der Waals surface area contributed by atoms with Gasteiger partial charge in [0.15, 0.2) is 0 Å². The summed E-state index contributed by atoms with van der Waals surface area (Å²) in [6, 6.07) is 14.8. The van der Waals surface area contributed by atoms with Crippen molar-refractivity contribution in [3.8, 4) is 5.69 Å². The van der Waals surface area contributed by atoms with E-state index in [9.17, 15) is 14.0 Å². The average molecular weight is 410 g/mol. The number of hydrogen-bond acceptors (Lipinski definition) is 2. The fourth-order valence-electron chi connectivity index (χ4n) is 3.14. The molecule has 0 unspecified atom stereocenters. The van der Waals surface area contributed by atoms with Gasteiger partial charge in [0.2, 0.25) is 0 Å². The Morgan fingerprint density at radius 2 is 1.90 bits per heavy atom. The van der Waals surface area contributed by atoms with E-state index in [1.54, 1.807) is 24.3 Å². The molecule has 2 heterocycles. The first-order valence-corrected chi connectivity index (χ1v) is 9.33. The van der Waals surface area contributed by atoms with Crippen LogP contribution in [0, 0.1) is 12.7 Å². The van der Waals surface area contributed by atoms with E-state index in [1.807, 2.05) is 48.0 Å². The van der Waals surface area contributed by atoms with Crippen LogP contribution in [0.25, 0.3) is 11.8 Å². The molecule has 1 fully saturated rings. The molecule has 0 bridgehead atoms. The van der Waals surface area contributed by atoms with E-state index in [1.165, 1.54) is 6.07 Å². The third-order valence-electron chi connectivity index (χ3n) is 4.75. The van der Waals surface area contributed by atoms with Crippen molar-refractivity contribution in [1.82, 2.24) is 14.8 Å². The van der Waals surface area contributed by atoms with E-state index in [0.717, 1.165) is 16.2 Å². The molecule has 0 spiro atoms. The molecule has 146 valence electrons. The Kier molecular flexibility index (Phi) is 4.94. The number of aryl methyl sites for hydroxylation is 1. The third kappa shape index (κ3) is 3.67. The van der Waals surface area contributed by atoms with Gasteiger partial charge in [-0.15, -0.1) is 0 Å². The van der Waals surface area contributed by atoms with Gasteiger partial charge in [-0.1, -0.05) is 35.9 Å². The highest BCUT2D eigenvalue weighted by Crippen LogP contribution is 2.23. The number of amides is 3. The minimum atomic E-state index is -0.582. The van der Waals surface area contributed by atoms with Gasteiger partial charge in [-0.2, -0.15) is 0 Å². The van der Waals surface area contributed by atoms with E-state index < -0.39 is 17.8 Å². The van der Waals surface area contributed by atoms with Crippen LogP contribution in [0.2, 0.25) is 5.02 Å². The Bertz CT molecular complexity index is 1150. The minimum absolute atomic E-state index is 0.129. The average Bonchev–Trinajstić information content (AvgIpc) is 3.26. The van der Waals surface area contributed by atoms with Gasteiger partial charge in [-0.25, -0.2) is 9.18 Å². The van der Waals surface area contributed by atoms with Crippen molar-refractivity contribution in [3.63, 3.8) is 0 Å². The van der Waals surface area contributed by atoms with Crippen molar-refractivity contribution in [2.45, 2.75) is 13.5 Å². The van der Waals surface area contributed by atoms with Gasteiger partial charge in [-0.05, 0) is 48.9 Å². The molecule has 5 nitrogen and oxygen atoms in total. The van der Waals surface area contributed by atoms with E-state index in [4.69, 9.17) is 11.6 Å². The number of carbonyl (C=O) groups excluding carboxylic acids is 2. The summed E-state index contributed by atoms with van der Waals surface area (Å²) in [5.41, 5.74) is 2.89. The van der Waals surface area contributed by atoms with Crippen LogP contribution in [0.4, 0.5) is 9.18 Å². The lowest BCUT2D eigenvalue weighted by molar-refractivity contribution is -0.123. The molecule has 1 aliphatic heterocycles. The molecule has 1 aromatic heterocycles. The van der Waals surface area contributed by atoms with Crippen LogP contribution in [0.5, 0.6) is 0 Å². The van der Waals surface area contributed by atoms with Crippen molar-refractivity contribution < 1.29 is 14.0 Å². The molecule has 29 heavy (non-hydrogen) atoms. The first-order chi connectivity index (χ1) is 13.9. The molecule has 0 radical (unpaired) electrons. The molecule has 0 atom stereocenters. The van der Waals surface area contributed by atoms with Gasteiger partial charge in [0.05, 0.1) is 6.54 Å². The monoisotopic (exact) mass is 409 g/mol. The van der Waals surface area contributed by atoms with E-state index in [-0.39, 0.29) is 17.8 Å². The molecule has 4 rings (SSSR count). The van der Waals surface area contributed by atoms with Gasteiger partial charge < -0.3 is 9.88 Å². The zero-order chi connectivity index (χ0) is 20.5. The number of nitrogens with one attached hydrogen (secondary N) is 1. The molecule has 1 aliphatic rings. The van der Waals surface area contributed by atoms with E-state index >= 15 is 0 Å². The lowest BCUT2D eigenvalue weighted by atomic mass is 10.2. The Morgan fingerprint density at radius 1 is 1.10 bits per heavy atom. The first kappa shape index (κ1) is 19.0. The maximum Gasteiger partial charge on any atom is 0.329 e. The van der Waals surface area contributed by atoms with Gasteiger partial charge in [0.1, 0.15) is 11.5 Å². The van der Waals surface area contributed by atoms with Crippen LogP contribution >= 0.6 is 11.6 Å². The molecule has 0 saturated carbocycles. The number of benzene rings is 2. The molecule has 7 heteroatoms. The number of urea groups is 1. The standard InChI is InChI=1S/C22H17ClFN3O2/c1-14-8-9-17(11-18(14)23)26-10-4-6-16(26)12-20-21(28)27(22(29)25-20)13-15-5-2-3-7-19(15)24/h2-12H,13H2,1H3,(H,25,29)/b20-12+. The van der Waals surface area contributed by atoms with Crippen LogP contribution in [-0.2, 0) is 11.3 Å². The van der Waals surface area contributed by atoms with Crippen molar-refractivity contribution in [1.29, 1.82) is 0 Å². The Balaban J connectivity index is 1.62. The van der Waals surface area contributed by atoms with Crippen LogP contribution in [0.1, 0.15) is 16.8 Å². The topological polar surface area (TPSA) is 54.3 Å². The highest BCUT2D eigenvalue weighted by atomic mass is 35.5. The molecular weight excluding hydrogens is 393 g/mol. The maximum absolute atomic E-state index is 13.9. The molecule has 0 aliphatic carbocycles. The second-order valence-corrected chi connectivity index (χ2v) is 7.11. The number of rotatable bonds is 4. The van der Waals surface area contributed by atoms with Crippen LogP contribution < -0.4 is 5.32 Å². The Hall–Kier alpha value is -3.38. The van der Waals surface area contributed by atoms with E-state index in [0.29, 0.717) is 10.7 Å².